The van der Waals surface area contributed by atoms with Crippen LogP contribution in [-0.2, 0) is 6.54 Å². The van der Waals surface area contributed by atoms with Crippen LogP contribution in [0, 0.1) is 5.41 Å². The normalized spacial score (nSPS) is 19.1. The minimum atomic E-state index is -1.31. The molecule has 0 aliphatic heterocycles. The van der Waals surface area contributed by atoms with Crippen LogP contribution in [0.25, 0.3) is 0 Å². The number of carboxylic acids is 1. The van der Waals surface area contributed by atoms with Crippen molar-refractivity contribution in [3.8, 4) is 5.75 Å². The third-order valence-electron chi connectivity index (χ3n) is 4.24. The second-order valence-electron chi connectivity index (χ2n) is 5.78. The first-order valence-corrected chi connectivity index (χ1v) is 7.05. The van der Waals surface area contributed by atoms with E-state index in [2.05, 4.69) is 18.2 Å². The van der Waals surface area contributed by atoms with Crippen LogP contribution < -0.4 is 5.43 Å². The molecule has 1 aromatic heterocycles. The molecule has 0 aromatic carbocycles. The van der Waals surface area contributed by atoms with Crippen LogP contribution >= 0.6 is 0 Å². The van der Waals surface area contributed by atoms with Crippen LogP contribution in [-0.4, -0.2) is 20.7 Å². The summed E-state index contributed by atoms with van der Waals surface area (Å²) in [6, 6.07) is 0. The van der Waals surface area contributed by atoms with Gasteiger partial charge >= 0.3 is 5.97 Å². The van der Waals surface area contributed by atoms with Crippen LogP contribution in [0.3, 0.4) is 0 Å². The van der Waals surface area contributed by atoms with Gasteiger partial charge < -0.3 is 14.8 Å². The molecule has 0 bridgehead atoms. The predicted molar refractivity (Wildman–Crippen MR) is 77.5 cm³/mol. The number of rotatable bonds is 4. The number of carboxylic acid groups (broad SMARTS) is 1. The summed E-state index contributed by atoms with van der Waals surface area (Å²) in [7, 11) is 0. The fourth-order valence-corrected chi connectivity index (χ4v) is 2.90. The minimum absolute atomic E-state index is 0.0220. The molecule has 110 valence electrons. The molecule has 1 saturated carbocycles. The van der Waals surface area contributed by atoms with Gasteiger partial charge in [0.25, 0.3) is 0 Å². The van der Waals surface area contributed by atoms with Crippen molar-refractivity contribution >= 4 is 5.97 Å². The number of hydrogen-bond donors (Lipinski definition) is 2. The summed E-state index contributed by atoms with van der Waals surface area (Å²) in [6.45, 7) is 0.581. The SMILES string of the molecule is O=C(O)c1cn(CC2(C3=CCCC=C3)CC2)cc(O)c1=O. The van der Waals surface area contributed by atoms with Gasteiger partial charge in [0.15, 0.2) is 5.75 Å². The van der Waals surface area contributed by atoms with E-state index in [1.54, 1.807) is 4.57 Å². The van der Waals surface area contributed by atoms with Crippen molar-refractivity contribution in [2.24, 2.45) is 5.41 Å². The fraction of sp³-hybridized carbons (Fsp3) is 0.375. The Morgan fingerprint density at radius 2 is 2.05 bits per heavy atom. The zero-order valence-electron chi connectivity index (χ0n) is 11.6. The van der Waals surface area contributed by atoms with Gasteiger partial charge in [-0.05, 0) is 31.3 Å². The predicted octanol–water partition coefficient (Wildman–Crippen LogP) is 2.31. The molecular formula is C16H17NO4. The second kappa shape index (κ2) is 4.91. The molecule has 0 saturated heterocycles. The Morgan fingerprint density at radius 3 is 2.62 bits per heavy atom. The fourth-order valence-electron chi connectivity index (χ4n) is 2.90. The van der Waals surface area contributed by atoms with Gasteiger partial charge in [-0.25, -0.2) is 4.79 Å². The van der Waals surface area contributed by atoms with Gasteiger partial charge in [-0.3, -0.25) is 4.79 Å². The minimum Gasteiger partial charge on any atom is -0.503 e. The quantitative estimate of drug-likeness (QED) is 0.890. The van der Waals surface area contributed by atoms with Gasteiger partial charge in [0, 0.05) is 24.4 Å². The first-order chi connectivity index (χ1) is 10.0. The highest BCUT2D eigenvalue weighted by molar-refractivity contribution is 5.87. The van der Waals surface area contributed by atoms with Gasteiger partial charge in [0.2, 0.25) is 5.43 Å². The Labute approximate surface area is 121 Å². The highest BCUT2D eigenvalue weighted by Crippen LogP contribution is 2.54. The number of aromatic nitrogens is 1. The lowest BCUT2D eigenvalue weighted by Gasteiger charge is -2.21. The summed E-state index contributed by atoms with van der Waals surface area (Å²) in [5, 5.41) is 18.7. The Balaban J connectivity index is 1.92. The van der Waals surface area contributed by atoms with E-state index in [-0.39, 0.29) is 11.0 Å². The highest BCUT2D eigenvalue weighted by Gasteiger charge is 2.45. The smallest absolute Gasteiger partial charge is 0.341 e. The second-order valence-corrected chi connectivity index (χ2v) is 5.78. The molecule has 5 nitrogen and oxygen atoms in total. The molecule has 3 rings (SSSR count). The average Bonchev–Trinajstić information content (AvgIpc) is 3.24. The highest BCUT2D eigenvalue weighted by atomic mass is 16.4. The largest absolute Gasteiger partial charge is 0.503 e. The number of aromatic hydroxyl groups is 1. The molecule has 1 fully saturated rings. The van der Waals surface area contributed by atoms with Crippen LogP contribution in [0.5, 0.6) is 5.75 Å². The summed E-state index contributed by atoms with van der Waals surface area (Å²) >= 11 is 0. The number of allylic oxidation sites excluding steroid dienone is 4. The lowest BCUT2D eigenvalue weighted by molar-refractivity contribution is 0.0693. The van der Waals surface area contributed by atoms with E-state index in [0.29, 0.717) is 6.54 Å². The average molecular weight is 287 g/mol. The molecule has 5 heteroatoms. The molecular weight excluding hydrogens is 270 g/mol. The third-order valence-corrected chi connectivity index (χ3v) is 4.24. The maximum atomic E-state index is 11.6. The van der Waals surface area contributed by atoms with E-state index in [0.717, 1.165) is 25.7 Å². The molecule has 0 atom stereocenters. The Bertz CT molecular complexity index is 707. The van der Waals surface area contributed by atoms with E-state index >= 15 is 0 Å². The van der Waals surface area contributed by atoms with E-state index in [9.17, 15) is 14.7 Å². The Morgan fingerprint density at radius 1 is 1.29 bits per heavy atom. The maximum absolute atomic E-state index is 11.6. The molecule has 0 unspecified atom stereocenters. The van der Waals surface area contributed by atoms with E-state index in [1.807, 2.05) is 0 Å². The van der Waals surface area contributed by atoms with Crippen molar-refractivity contribution in [2.75, 3.05) is 0 Å². The molecule has 1 aromatic rings. The third kappa shape index (κ3) is 2.51. The van der Waals surface area contributed by atoms with Crippen molar-refractivity contribution < 1.29 is 15.0 Å². The van der Waals surface area contributed by atoms with Crippen molar-refractivity contribution in [3.63, 3.8) is 0 Å². The molecule has 2 aliphatic carbocycles. The summed E-state index contributed by atoms with van der Waals surface area (Å²) in [5.41, 5.74) is 0.0805. The van der Waals surface area contributed by atoms with Crippen molar-refractivity contribution in [1.82, 2.24) is 4.57 Å². The topological polar surface area (TPSA) is 79.5 Å². The lowest BCUT2D eigenvalue weighted by atomic mass is 9.91. The molecule has 0 amide bonds. The number of pyridine rings is 1. The van der Waals surface area contributed by atoms with E-state index < -0.39 is 17.1 Å². The van der Waals surface area contributed by atoms with Crippen LogP contribution in [0.2, 0.25) is 0 Å². The lowest BCUT2D eigenvalue weighted by Crippen LogP contribution is -2.20. The summed E-state index contributed by atoms with van der Waals surface area (Å²) < 4.78 is 1.62. The van der Waals surface area contributed by atoms with E-state index in [4.69, 9.17) is 5.11 Å². The zero-order valence-corrected chi connectivity index (χ0v) is 11.6. The van der Waals surface area contributed by atoms with Gasteiger partial charge in [-0.2, -0.15) is 0 Å². The summed E-state index contributed by atoms with van der Waals surface area (Å²) in [5.74, 6) is -1.83. The Hall–Kier alpha value is -2.30. The van der Waals surface area contributed by atoms with Crippen molar-refractivity contribution in [2.45, 2.75) is 32.2 Å². The summed E-state index contributed by atoms with van der Waals surface area (Å²) in [6.07, 6.45) is 13.3. The van der Waals surface area contributed by atoms with E-state index in [1.165, 1.54) is 18.0 Å². The number of hydrogen-bond acceptors (Lipinski definition) is 3. The molecule has 1 heterocycles. The molecule has 2 N–H and O–H groups in total. The van der Waals surface area contributed by atoms with Gasteiger partial charge in [-0.1, -0.05) is 18.2 Å². The maximum Gasteiger partial charge on any atom is 0.341 e. The van der Waals surface area contributed by atoms with Crippen LogP contribution in [0.4, 0.5) is 0 Å². The molecule has 2 aliphatic rings. The van der Waals surface area contributed by atoms with Crippen molar-refractivity contribution in [1.29, 1.82) is 0 Å². The van der Waals surface area contributed by atoms with Gasteiger partial charge in [0.1, 0.15) is 5.56 Å². The van der Waals surface area contributed by atoms with Gasteiger partial charge in [-0.15, -0.1) is 0 Å². The standard InChI is InChI=1S/C16H17NO4/c18-13-9-17(8-12(14(13)19)15(20)21)10-16(6-7-16)11-4-2-1-3-5-11/h2,4-5,8-9,18H,1,3,6-7,10H2,(H,20,21). The number of carbonyl (C=O) groups is 1. The number of nitrogens with zero attached hydrogens (tertiary/aromatic N) is 1. The first kappa shape index (κ1) is 13.7. The van der Waals surface area contributed by atoms with Crippen LogP contribution in [0.1, 0.15) is 36.0 Å². The van der Waals surface area contributed by atoms with Crippen molar-refractivity contribution in [3.05, 3.63) is 52.0 Å². The zero-order chi connectivity index (χ0) is 15.0. The van der Waals surface area contributed by atoms with Crippen LogP contribution in [0.15, 0.2) is 41.0 Å². The molecule has 0 spiro atoms. The monoisotopic (exact) mass is 287 g/mol. The summed E-state index contributed by atoms with van der Waals surface area (Å²) in [4.78, 5) is 22.6. The number of aromatic carboxylic acids is 1. The molecule has 0 radical (unpaired) electrons. The van der Waals surface area contributed by atoms with Gasteiger partial charge in [0.05, 0.1) is 0 Å². The Kier molecular flexibility index (Phi) is 3.20. The first-order valence-electron chi connectivity index (χ1n) is 7.05. The molecule has 21 heavy (non-hydrogen) atoms.